The Morgan fingerprint density at radius 3 is 2.91 bits per heavy atom. The van der Waals surface area contributed by atoms with Crippen LogP contribution in [0, 0.1) is 5.92 Å². The van der Waals surface area contributed by atoms with Gasteiger partial charge in [-0.15, -0.1) is 0 Å². The van der Waals surface area contributed by atoms with Gasteiger partial charge in [-0.05, 0) is 6.42 Å². The van der Waals surface area contributed by atoms with E-state index in [1.165, 1.54) is 0 Å². The molecule has 1 aliphatic rings. The molecule has 2 nitrogen and oxygen atoms in total. The maximum Gasteiger partial charge on any atom is 0.314 e. The van der Waals surface area contributed by atoms with Gasteiger partial charge in [0.2, 0.25) is 0 Å². The number of hydrogen-bond acceptors (Lipinski definition) is 2. The molecule has 0 aliphatic carbocycles. The summed E-state index contributed by atoms with van der Waals surface area (Å²) in [5.74, 6) is 0.655. The zero-order chi connectivity index (χ0) is 8.27. The zero-order valence-corrected chi connectivity index (χ0v) is 6.93. The second-order valence-corrected chi connectivity index (χ2v) is 3.00. The topological polar surface area (TPSA) is 26.3 Å². The van der Waals surface area contributed by atoms with E-state index in [1.807, 2.05) is 0 Å². The van der Waals surface area contributed by atoms with Crippen molar-refractivity contribution in [2.75, 3.05) is 0 Å². The van der Waals surface area contributed by atoms with Crippen LogP contribution in [0.25, 0.3) is 0 Å². The molecule has 1 heterocycles. The van der Waals surface area contributed by atoms with E-state index in [-0.39, 0.29) is 11.9 Å². The molecule has 1 fully saturated rings. The van der Waals surface area contributed by atoms with Gasteiger partial charge in [0.05, 0.1) is 5.92 Å². The molecule has 0 radical (unpaired) electrons. The van der Waals surface area contributed by atoms with Crippen LogP contribution in [-0.2, 0) is 9.53 Å². The number of unbranched alkanes of at least 4 members (excludes halogenated alkanes) is 1. The van der Waals surface area contributed by atoms with E-state index in [0.29, 0.717) is 5.76 Å². The number of allylic oxidation sites excluding steroid dienone is 1. The smallest absolute Gasteiger partial charge is 0.314 e. The largest absolute Gasteiger partial charge is 0.431 e. The highest BCUT2D eigenvalue weighted by atomic mass is 16.5. The van der Waals surface area contributed by atoms with E-state index in [9.17, 15) is 4.79 Å². The van der Waals surface area contributed by atoms with E-state index in [0.717, 1.165) is 25.7 Å². The van der Waals surface area contributed by atoms with Crippen molar-refractivity contribution in [2.45, 2.75) is 32.6 Å². The fourth-order valence-corrected chi connectivity index (χ4v) is 1.30. The van der Waals surface area contributed by atoms with Gasteiger partial charge >= 0.3 is 5.97 Å². The van der Waals surface area contributed by atoms with Crippen molar-refractivity contribution < 1.29 is 9.53 Å². The van der Waals surface area contributed by atoms with Crippen molar-refractivity contribution >= 4 is 5.97 Å². The molecule has 1 aliphatic heterocycles. The number of ether oxygens (including phenoxy) is 1. The van der Waals surface area contributed by atoms with E-state index < -0.39 is 0 Å². The van der Waals surface area contributed by atoms with Crippen molar-refractivity contribution in [3.63, 3.8) is 0 Å². The van der Waals surface area contributed by atoms with Crippen LogP contribution in [0.1, 0.15) is 32.6 Å². The Hall–Kier alpha value is -0.790. The standard InChI is InChI=1S/C9H14O2/c1-3-4-5-8-6-7(2)11-9(8)10/h8H,2-6H2,1H3. The second-order valence-electron chi connectivity index (χ2n) is 3.00. The highest BCUT2D eigenvalue weighted by Crippen LogP contribution is 2.26. The Morgan fingerprint density at radius 1 is 1.73 bits per heavy atom. The molecule has 0 aromatic heterocycles. The third-order valence-corrected chi connectivity index (χ3v) is 1.96. The number of hydrogen-bond donors (Lipinski definition) is 0. The average molecular weight is 154 g/mol. The number of cyclic esters (lactones) is 1. The SMILES string of the molecule is C=C1CC(CCCC)C(=O)O1. The van der Waals surface area contributed by atoms with Gasteiger partial charge in [-0.2, -0.15) is 0 Å². The molecule has 1 saturated heterocycles. The first-order valence-corrected chi connectivity index (χ1v) is 4.13. The highest BCUT2D eigenvalue weighted by Gasteiger charge is 2.28. The van der Waals surface area contributed by atoms with E-state index in [2.05, 4.69) is 13.5 Å². The fraction of sp³-hybridized carbons (Fsp3) is 0.667. The molecule has 2 heteroatoms. The van der Waals surface area contributed by atoms with Crippen LogP contribution in [0.3, 0.4) is 0 Å². The average Bonchev–Trinajstić information content (AvgIpc) is 2.26. The second kappa shape index (κ2) is 3.56. The van der Waals surface area contributed by atoms with Gasteiger partial charge in [0.1, 0.15) is 5.76 Å². The molecule has 0 spiro atoms. The van der Waals surface area contributed by atoms with E-state index in [1.54, 1.807) is 0 Å². The van der Waals surface area contributed by atoms with Crippen molar-refractivity contribution in [3.8, 4) is 0 Å². The summed E-state index contributed by atoms with van der Waals surface area (Å²) >= 11 is 0. The summed E-state index contributed by atoms with van der Waals surface area (Å²) in [4.78, 5) is 11.0. The van der Waals surface area contributed by atoms with Gasteiger partial charge < -0.3 is 4.74 Å². The lowest BCUT2D eigenvalue weighted by Crippen LogP contribution is -2.06. The molecule has 0 saturated carbocycles. The lowest BCUT2D eigenvalue weighted by molar-refractivity contribution is -0.139. The summed E-state index contributed by atoms with van der Waals surface area (Å²) in [6, 6.07) is 0. The first kappa shape index (κ1) is 8.31. The lowest BCUT2D eigenvalue weighted by atomic mass is 10.0. The maximum absolute atomic E-state index is 11.0. The Morgan fingerprint density at radius 2 is 2.45 bits per heavy atom. The number of esters is 1. The monoisotopic (exact) mass is 154 g/mol. The third kappa shape index (κ3) is 2.07. The van der Waals surface area contributed by atoms with Crippen LogP contribution in [0.2, 0.25) is 0 Å². The minimum absolute atomic E-state index is 0.0801. The molecule has 0 aromatic carbocycles. The van der Waals surface area contributed by atoms with Crippen LogP contribution in [-0.4, -0.2) is 5.97 Å². The normalized spacial score (nSPS) is 23.9. The molecule has 1 rings (SSSR count). The Bertz CT molecular complexity index is 172. The van der Waals surface area contributed by atoms with Crippen LogP contribution < -0.4 is 0 Å². The molecule has 0 N–H and O–H groups in total. The molecular formula is C9H14O2. The van der Waals surface area contributed by atoms with E-state index in [4.69, 9.17) is 4.74 Å². The summed E-state index contributed by atoms with van der Waals surface area (Å²) in [5.41, 5.74) is 0. The molecule has 0 amide bonds. The fourth-order valence-electron chi connectivity index (χ4n) is 1.30. The Balaban J connectivity index is 2.34. The van der Waals surface area contributed by atoms with E-state index >= 15 is 0 Å². The minimum Gasteiger partial charge on any atom is -0.431 e. The first-order chi connectivity index (χ1) is 5.24. The quantitative estimate of drug-likeness (QED) is 0.583. The van der Waals surface area contributed by atoms with Gasteiger partial charge in [0.25, 0.3) is 0 Å². The number of rotatable bonds is 3. The van der Waals surface area contributed by atoms with Crippen molar-refractivity contribution in [3.05, 3.63) is 12.3 Å². The van der Waals surface area contributed by atoms with Crippen LogP contribution in [0.15, 0.2) is 12.3 Å². The van der Waals surface area contributed by atoms with Gasteiger partial charge in [-0.25, -0.2) is 0 Å². The summed E-state index contributed by atoms with van der Waals surface area (Å²) in [6.45, 7) is 5.74. The predicted octanol–water partition coefficient (Wildman–Crippen LogP) is 2.25. The van der Waals surface area contributed by atoms with Gasteiger partial charge in [0, 0.05) is 6.42 Å². The highest BCUT2D eigenvalue weighted by molar-refractivity contribution is 5.76. The third-order valence-electron chi connectivity index (χ3n) is 1.96. The van der Waals surface area contributed by atoms with Crippen molar-refractivity contribution in [1.29, 1.82) is 0 Å². The molecule has 62 valence electrons. The summed E-state index contributed by atoms with van der Waals surface area (Å²) in [6.07, 6.45) is 3.93. The molecule has 0 aromatic rings. The molecule has 11 heavy (non-hydrogen) atoms. The molecular weight excluding hydrogens is 140 g/mol. The summed E-state index contributed by atoms with van der Waals surface area (Å²) in [7, 11) is 0. The predicted molar refractivity (Wildman–Crippen MR) is 42.9 cm³/mol. The molecule has 1 unspecified atom stereocenters. The molecule has 0 bridgehead atoms. The van der Waals surface area contributed by atoms with Crippen LogP contribution in [0.5, 0.6) is 0 Å². The van der Waals surface area contributed by atoms with Crippen LogP contribution in [0.4, 0.5) is 0 Å². The lowest BCUT2D eigenvalue weighted by Gasteiger charge is -2.00. The maximum atomic E-state index is 11.0. The zero-order valence-electron chi connectivity index (χ0n) is 6.93. The van der Waals surface area contributed by atoms with Gasteiger partial charge in [-0.1, -0.05) is 26.3 Å². The number of carbonyl (C=O) groups is 1. The summed E-state index contributed by atoms with van der Waals surface area (Å²) < 4.78 is 4.84. The van der Waals surface area contributed by atoms with Gasteiger partial charge in [-0.3, -0.25) is 4.79 Å². The number of carbonyl (C=O) groups excluding carboxylic acids is 1. The van der Waals surface area contributed by atoms with Crippen molar-refractivity contribution in [2.24, 2.45) is 5.92 Å². The Kier molecular flexibility index (Phi) is 2.69. The molecule has 1 atom stereocenters. The first-order valence-electron chi connectivity index (χ1n) is 4.13. The van der Waals surface area contributed by atoms with Crippen molar-refractivity contribution in [1.82, 2.24) is 0 Å². The van der Waals surface area contributed by atoms with Gasteiger partial charge in [0.15, 0.2) is 0 Å². The van der Waals surface area contributed by atoms with Crippen LogP contribution >= 0.6 is 0 Å². The summed E-state index contributed by atoms with van der Waals surface area (Å²) in [5, 5.41) is 0. The Labute approximate surface area is 67.2 Å². The minimum atomic E-state index is -0.0801.